The number of hydrazone groups is 1. The van der Waals surface area contributed by atoms with Gasteiger partial charge in [-0.2, -0.15) is 5.10 Å². The van der Waals surface area contributed by atoms with Crippen molar-refractivity contribution < 1.29 is 28.9 Å². The standard InChI is InChI=1S/C19H20N2O6/c1-3-26-15-7-5-14(6-8-15)19(24)21-20-11-13-4-9-16(17(10-13)25-2)27-12-18(22)23/h4-11H,3,12H2,1-2H3,(H,21,24)(H,22,23)/b20-11+. The molecule has 0 aliphatic carbocycles. The third kappa shape index (κ3) is 6.03. The Balaban J connectivity index is 1.98. The number of carboxylic acid groups (broad SMARTS) is 1. The molecule has 142 valence electrons. The van der Waals surface area contributed by atoms with Gasteiger partial charge in [0.25, 0.3) is 5.91 Å². The topological polar surface area (TPSA) is 106 Å². The fraction of sp³-hybridized carbons (Fsp3) is 0.211. The number of rotatable bonds is 9. The van der Waals surface area contributed by atoms with Crippen LogP contribution >= 0.6 is 0 Å². The van der Waals surface area contributed by atoms with E-state index in [0.717, 1.165) is 0 Å². The highest BCUT2D eigenvalue weighted by Gasteiger charge is 2.08. The molecule has 2 aromatic carbocycles. The van der Waals surface area contributed by atoms with Gasteiger partial charge in [-0.05, 0) is 55.0 Å². The molecular formula is C19H20N2O6. The van der Waals surface area contributed by atoms with Gasteiger partial charge in [0.05, 0.1) is 19.9 Å². The van der Waals surface area contributed by atoms with Crippen LogP contribution in [0.15, 0.2) is 47.6 Å². The van der Waals surface area contributed by atoms with Crippen LogP contribution in [0.1, 0.15) is 22.8 Å². The van der Waals surface area contributed by atoms with Crippen LogP contribution < -0.4 is 19.6 Å². The molecule has 0 saturated heterocycles. The number of carbonyl (C=O) groups excluding carboxylic acids is 1. The van der Waals surface area contributed by atoms with Crippen molar-refractivity contribution in [2.24, 2.45) is 5.10 Å². The Morgan fingerprint density at radius 1 is 1.11 bits per heavy atom. The smallest absolute Gasteiger partial charge is 0.341 e. The van der Waals surface area contributed by atoms with Crippen molar-refractivity contribution >= 4 is 18.1 Å². The maximum Gasteiger partial charge on any atom is 0.341 e. The summed E-state index contributed by atoms with van der Waals surface area (Å²) < 4.78 is 15.6. The normalized spacial score (nSPS) is 10.4. The number of nitrogens with zero attached hydrogens (tertiary/aromatic N) is 1. The maximum atomic E-state index is 12.1. The molecule has 0 unspecified atom stereocenters. The quantitative estimate of drug-likeness (QED) is 0.517. The van der Waals surface area contributed by atoms with E-state index < -0.39 is 12.6 Å². The number of ether oxygens (including phenoxy) is 3. The van der Waals surface area contributed by atoms with Gasteiger partial charge in [0.1, 0.15) is 5.75 Å². The Bertz CT molecular complexity index is 817. The highest BCUT2D eigenvalue weighted by Crippen LogP contribution is 2.27. The molecule has 2 N–H and O–H groups in total. The number of nitrogens with one attached hydrogen (secondary N) is 1. The Morgan fingerprint density at radius 3 is 2.48 bits per heavy atom. The molecule has 0 bridgehead atoms. The van der Waals surface area contributed by atoms with Gasteiger partial charge < -0.3 is 19.3 Å². The summed E-state index contributed by atoms with van der Waals surface area (Å²) in [4.78, 5) is 22.6. The molecule has 0 saturated carbocycles. The minimum atomic E-state index is -1.08. The minimum absolute atomic E-state index is 0.301. The SMILES string of the molecule is CCOc1ccc(C(=O)N/N=C/c2ccc(OCC(=O)O)c(OC)c2)cc1. The van der Waals surface area contributed by atoms with Gasteiger partial charge >= 0.3 is 5.97 Å². The van der Waals surface area contributed by atoms with Crippen LogP contribution in [0.4, 0.5) is 0 Å². The lowest BCUT2D eigenvalue weighted by Gasteiger charge is -2.09. The second kappa shape index (κ2) is 9.81. The van der Waals surface area contributed by atoms with Gasteiger partial charge in [-0.15, -0.1) is 0 Å². The van der Waals surface area contributed by atoms with E-state index in [9.17, 15) is 9.59 Å². The largest absolute Gasteiger partial charge is 0.494 e. The van der Waals surface area contributed by atoms with Gasteiger partial charge in [0.2, 0.25) is 0 Å². The monoisotopic (exact) mass is 372 g/mol. The Kier molecular flexibility index (Phi) is 7.18. The summed E-state index contributed by atoms with van der Waals surface area (Å²) in [5.41, 5.74) is 3.52. The molecule has 0 aliphatic rings. The first-order chi connectivity index (χ1) is 13.0. The highest BCUT2D eigenvalue weighted by atomic mass is 16.5. The van der Waals surface area contributed by atoms with Crippen molar-refractivity contribution in [2.75, 3.05) is 20.3 Å². The fourth-order valence-corrected chi connectivity index (χ4v) is 2.12. The zero-order valence-corrected chi connectivity index (χ0v) is 15.0. The summed E-state index contributed by atoms with van der Waals surface area (Å²) in [6, 6.07) is 11.6. The van der Waals surface area contributed by atoms with E-state index in [1.165, 1.54) is 13.3 Å². The van der Waals surface area contributed by atoms with E-state index in [0.29, 0.717) is 35.0 Å². The van der Waals surface area contributed by atoms with Crippen LogP contribution in [0.5, 0.6) is 17.2 Å². The molecule has 2 rings (SSSR count). The van der Waals surface area contributed by atoms with Gasteiger partial charge in [-0.3, -0.25) is 4.79 Å². The number of amides is 1. The van der Waals surface area contributed by atoms with E-state index in [-0.39, 0.29) is 5.91 Å². The maximum absolute atomic E-state index is 12.1. The molecule has 1 amide bonds. The average Bonchev–Trinajstić information content (AvgIpc) is 2.67. The van der Waals surface area contributed by atoms with Crippen molar-refractivity contribution in [2.45, 2.75) is 6.92 Å². The summed E-state index contributed by atoms with van der Waals surface area (Å²) in [6.07, 6.45) is 1.44. The lowest BCUT2D eigenvalue weighted by molar-refractivity contribution is -0.139. The summed E-state index contributed by atoms with van der Waals surface area (Å²) >= 11 is 0. The van der Waals surface area contributed by atoms with Crippen LogP contribution in [-0.4, -0.2) is 43.5 Å². The molecule has 0 spiro atoms. The highest BCUT2D eigenvalue weighted by molar-refractivity contribution is 5.95. The molecule has 27 heavy (non-hydrogen) atoms. The number of carboxylic acids is 1. The predicted octanol–water partition coefficient (Wildman–Crippen LogP) is 2.32. The number of carbonyl (C=O) groups is 2. The van der Waals surface area contributed by atoms with E-state index in [1.807, 2.05) is 6.92 Å². The predicted molar refractivity (Wildman–Crippen MR) is 98.8 cm³/mol. The van der Waals surface area contributed by atoms with E-state index in [2.05, 4.69) is 10.5 Å². The summed E-state index contributed by atoms with van der Waals surface area (Å²) in [5.74, 6) is -0.0919. The van der Waals surface area contributed by atoms with Crippen LogP contribution in [0.2, 0.25) is 0 Å². The minimum Gasteiger partial charge on any atom is -0.494 e. The van der Waals surface area contributed by atoms with Crippen LogP contribution in [0, 0.1) is 0 Å². The number of aliphatic carboxylic acids is 1. The van der Waals surface area contributed by atoms with Gasteiger partial charge in [0.15, 0.2) is 18.1 Å². The zero-order chi connectivity index (χ0) is 19.6. The molecule has 0 radical (unpaired) electrons. The van der Waals surface area contributed by atoms with Crippen molar-refractivity contribution in [3.8, 4) is 17.2 Å². The lowest BCUT2D eigenvalue weighted by atomic mass is 10.2. The van der Waals surface area contributed by atoms with Crippen LogP contribution in [0.3, 0.4) is 0 Å². The third-order valence-corrected chi connectivity index (χ3v) is 3.35. The molecule has 2 aromatic rings. The van der Waals surface area contributed by atoms with E-state index in [4.69, 9.17) is 19.3 Å². The molecule has 0 fully saturated rings. The molecular weight excluding hydrogens is 352 g/mol. The van der Waals surface area contributed by atoms with Gasteiger partial charge in [-0.25, -0.2) is 10.2 Å². The first-order valence-corrected chi connectivity index (χ1v) is 8.12. The molecule has 0 heterocycles. The third-order valence-electron chi connectivity index (χ3n) is 3.35. The Hall–Kier alpha value is -3.55. The second-order valence-corrected chi connectivity index (χ2v) is 5.25. The van der Waals surface area contributed by atoms with Crippen molar-refractivity contribution in [3.05, 3.63) is 53.6 Å². The average molecular weight is 372 g/mol. The van der Waals surface area contributed by atoms with E-state index >= 15 is 0 Å². The number of hydrogen-bond donors (Lipinski definition) is 2. The van der Waals surface area contributed by atoms with Crippen molar-refractivity contribution in [3.63, 3.8) is 0 Å². The summed E-state index contributed by atoms with van der Waals surface area (Å²) in [5, 5.41) is 12.6. The molecule has 8 nitrogen and oxygen atoms in total. The fourth-order valence-electron chi connectivity index (χ4n) is 2.12. The molecule has 0 atom stereocenters. The zero-order valence-electron chi connectivity index (χ0n) is 15.0. The van der Waals surface area contributed by atoms with Crippen LogP contribution in [-0.2, 0) is 4.79 Å². The number of hydrogen-bond acceptors (Lipinski definition) is 6. The van der Waals surface area contributed by atoms with Crippen molar-refractivity contribution in [1.29, 1.82) is 0 Å². The van der Waals surface area contributed by atoms with E-state index in [1.54, 1.807) is 42.5 Å². The Labute approximate surface area is 156 Å². The first-order valence-electron chi connectivity index (χ1n) is 8.12. The van der Waals surface area contributed by atoms with Gasteiger partial charge in [0, 0.05) is 5.56 Å². The molecule has 0 aromatic heterocycles. The number of methoxy groups -OCH3 is 1. The summed E-state index contributed by atoms with van der Waals surface area (Å²) in [7, 11) is 1.44. The first kappa shape index (κ1) is 19.8. The lowest BCUT2D eigenvalue weighted by Crippen LogP contribution is -2.17. The Morgan fingerprint density at radius 2 is 1.85 bits per heavy atom. The summed E-state index contributed by atoms with van der Waals surface area (Å²) in [6.45, 7) is 1.97. The second-order valence-electron chi connectivity index (χ2n) is 5.25. The number of benzene rings is 2. The van der Waals surface area contributed by atoms with Gasteiger partial charge in [-0.1, -0.05) is 0 Å². The van der Waals surface area contributed by atoms with Crippen molar-refractivity contribution in [1.82, 2.24) is 5.43 Å². The van der Waals surface area contributed by atoms with Crippen LogP contribution in [0.25, 0.3) is 0 Å². The molecule has 8 heteroatoms. The molecule has 0 aliphatic heterocycles.